The second kappa shape index (κ2) is 12.5. The first-order valence-corrected chi connectivity index (χ1v) is 14.5. The molecule has 0 atom stereocenters. The van der Waals surface area contributed by atoms with Crippen molar-refractivity contribution in [1.29, 1.82) is 0 Å². The van der Waals surface area contributed by atoms with Gasteiger partial charge in [-0.15, -0.1) is 0 Å². The number of nitrogens with one attached hydrogen (secondary N) is 1. The van der Waals surface area contributed by atoms with E-state index in [4.69, 9.17) is 0 Å². The molecular weight excluding hydrogens is 490 g/mol. The summed E-state index contributed by atoms with van der Waals surface area (Å²) in [5.41, 5.74) is 1.29. The molecule has 0 spiro atoms. The zero-order valence-electron chi connectivity index (χ0n) is 24.0. The number of hydrogen-bond donors (Lipinski definition) is 2. The summed E-state index contributed by atoms with van der Waals surface area (Å²) in [6.07, 6.45) is 11.6. The van der Waals surface area contributed by atoms with Gasteiger partial charge in [-0.25, -0.2) is 4.98 Å². The minimum absolute atomic E-state index is 0.0162. The Labute approximate surface area is 233 Å². The molecule has 2 fully saturated rings. The molecule has 0 saturated heterocycles. The Bertz CT molecular complexity index is 1110. The van der Waals surface area contributed by atoms with Crippen molar-refractivity contribution in [2.24, 2.45) is 17.3 Å². The van der Waals surface area contributed by atoms with Crippen LogP contribution in [0.15, 0.2) is 42.6 Å². The van der Waals surface area contributed by atoms with Crippen LogP contribution in [0, 0.1) is 17.3 Å². The first kappa shape index (κ1) is 29.0. The number of aromatic hydroxyl groups is 1. The van der Waals surface area contributed by atoms with Crippen LogP contribution >= 0.6 is 0 Å². The van der Waals surface area contributed by atoms with Gasteiger partial charge < -0.3 is 10.0 Å². The summed E-state index contributed by atoms with van der Waals surface area (Å²) < 4.78 is 0. The molecule has 0 radical (unpaired) electrons. The minimum atomic E-state index is -0.355. The van der Waals surface area contributed by atoms with Crippen LogP contribution in [0.1, 0.15) is 77.2 Å². The van der Waals surface area contributed by atoms with Crippen LogP contribution in [0.4, 0.5) is 5.95 Å². The Morgan fingerprint density at radius 2 is 1.77 bits per heavy atom. The third-order valence-corrected chi connectivity index (χ3v) is 9.17. The van der Waals surface area contributed by atoms with E-state index in [1.165, 1.54) is 43.5 Å². The Morgan fingerprint density at radius 3 is 2.33 bits per heavy atom. The number of nitrogens with zero attached hydrogens (tertiary/aromatic N) is 4. The number of rotatable bonds is 11. The largest absolute Gasteiger partial charge is 0.493 e. The van der Waals surface area contributed by atoms with Crippen molar-refractivity contribution >= 4 is 17.8 Å². The van der Waals surface area contributed by atoms with Crippen molar-refractivity contribution in [1.82, 2.24) is 19.8 Å². The lowest BCUT2D eigenvalue weighted by Gasteiger charge is -2.52. The van der Waals surface area contributed by atoms with E-state index in [2.05, 4.69) is 64.6 Å². The van der Waals surface area contributed by atoms with Gasteiger partial charge in [-0.05, 0) is 69.5 Å². The summed E-state index contributed by atoms with van der Waals surface area (Å²) in [7, 11) is 4.35. The molecule has 212 valence electrons. The topological polar surface area (TPSA) is 98.7 Å². The van der Waals surface area contributed by atoms with Gasteiger partial charge in [0.25, 0.3) is 0 Å². The molecular formula is C31H45N5O3. The molecule has 2 saturated carbocycles. The van der Waals surface area contributed by atoms with Crippen LogP contribution in [-0.4, -0.2) is 63.9 Å². The van der Waals surface area contributed by atoms with Gasteiger partial charge in [-0.1, -0.05) is 63.4 Å². The molecule has 39 heavy (non-hydrogen) atoms. The molecule has 8 heteroatoms. The van der Waals surface area contributed by atoms with Crippen molar-refractivity contribution in [2.45, 2.75) is 77.2 Å². The zero-order valence-corrected chi connectivity index (χ0v) is 24.0. The predicted molar refractivity (Wildman–Crippen MR) is 153 cm³/mol. The molecule has 8 nitrogen and oxygen atoms in total. The van der Waals surface area contributed by atoms with Crippen molar-refractivity contribution in [2.75, 3.05) is 32.5 Å². The summed E-state index contributed by atoms with van der Waals surface area (Å²) in [5, 5.41) is 12.3. The summed E-state index contributed by atoms with van der Waals surface area (Å²) in [6.45, 7) is 4.29. The molecule has 1 heterocycles. The minimum Gasteiger partial charge on any atom is -0.493 e. The number of benzene rings is 1. The number of amides is 2. The number of carbonyl (C=O) groups is 2. The molecule has 2 N–H and O–H groups in total. The maximum absolute atomic E-state index is 13.4. The van der Waals surface area contributed by atoms with Gasteiger partial charge in [0, 0.05) is 30.3 Å². The Morgan fingerprint density at radius 1 is 1.08 bits per heavy atom. The van der Waals surface area contributed by atoms with Crippen LogP contribution in [0.3, 0.4) is 0 Å². The van der Waals surface area contributed by atoms with Crippen LogP contribution in [-0.2, 0) is 15.1 Å². The van der Waals surface area contributed by atoms with E-state index in [1.807, 2.05) is 13.8 Å². The molecule has 0 aliphatic heterocycles. The van der Waals surface area contributed by atoms with Crippen LogP contribution in [0.5, 0.6) is 5.88 Å². The van der Waals surface area contributed by atoms with Gasteiger partial charge in [0.2, 0.25) is 23.6 Å². The van der Waals surface area contributed by atoms with Crippen molar-refractivity contribution in [3.63, 3.8) is 0 Å². The molecule has 1 aromatic carbocycles. The average Bonchev–Trinajstić information content (AvgIpc) is 2.88. The lowest BCUT2D eigenvalue weighted by molar-refractivity contribution is -0.140. The van der Waals surface area contributed by atoms with Crippen LogP contribution in [0.2, 0.25) is 0 Å². The van der Waals surface area contributed by atoms with Gasteiger partial charge in [0.15, 0.2) is 0 Å². The fraction of sp³-hybridized carbons (Fsp3) is 0.613. The highest BCUT2D eigenvalue weighted by Crippen LogP contribution is 2.51. The fourth-order valence-corrected chi connectivity index (χ4v) is 6.44. The predicted octanol–water partition coefficient (Wildman–Crippen LogP) is 5.20. The zero-order chi connectivity index (χ0) is 28.0. The maximum Gasteiger partial charge on any atom is 0.246 e. The number of carbonyl (C=O) groups excluding carboxylic acids is 2. The van der Waals surface area contributed by atoms with Gasteiger partial charge in [-0.2, -0.15) is 4.98 Å². The van der Waals surface area contributed by atoms with Crippen LogP contribution in [0.25, 0.3) is 0 Å². The number of aromatic nitrogens is 2. The van der Waals surface area contributed by atoms with Crippen molar-refractivity contribution in [3.05, 3.63) is 48.2 Å². The fourth-order valence-electron chi connectivity index (χ4n) is 6.44. The molecule has 2 amide bonds. The second-order valence-corrected chi connectivity index (χ2v) is 12.3. The number of anilines is 1. The molecule has 2 aliphatic rings. The summed E-state index contributed by atoms with van der Waals surface area (Å²) in [5.74, 6) is 0.0246. The lowest BCUT2D eigenvalue weighted by atomic mass is 9.61. The molecule has 2 aromatic rings. The highest BCUT2D eigenvalue weighted by Gasteiger charge is 2.46. The van der Waals surface area contributed by atoms with Gasteiger partial charge in [0.05, 0.1) is 6.54 Å². The van der Waals surface area contributed by atoms with E-state index in [-0.39, 0.29) is 47.1 Å². The third kappa shape index (κ3) is 6.96. The van der Waals surface area contributed by atoms with Gasteiger partial charge >= 0.3 is 0 Å². The monoisotopic (exact) mass is 535 g/mol. The second-order valence-electron chi connectivity index (χ2n) is 12.3. The van der Waals surface area contributed by atoms with E-state index in [0.29, 0.717) is 6.54 Å². The summed E-state index contributed by atoms with van der Waals surface area (Å²) in [4.78, 5) is 38.5. The van der Waals surface area contributed by atoms with E-state index < -0.39 is 0 Å². The van der Waals surface area contributed by atoms with Crippen molar-refractivity contribution in [3.8, 4) is 5.88 Å². The van der Waals surface area contributed by atoms with E-state index in [0.717, 1.165) is 38.0 Å². The van der Waals surface area contributed by atoms with Crippen molar-refractivity contribution < 1.29 is 14.7 Å². The Balaban J connectivity index is 1.55. The average molecular weight is 536 g/mol. The van der Waals surface area contributed by atoms with Gasteiger partial charge in [0.1, 0.15) is 0 Å². The molecule has 4 rings (SSSR count). The first-order valence-electron chi connectivity index (χ1n) is 14.5. The highest BCUT2D eigenvalue weighted by atomic mass is 16.3. The third-order valence-electron chi connectivity index (χ3n) is 9.17. The molecule has 0 bridgehead atoms. The SMILES string of the molecule is CC(C)C(=O)N(CC(=O)Nc1nccc(O)n1)C[C@]1(CCC2CCC2)CC[C@@](c2ccccc2)(N(C)C)CC1. The summed E-state index contributed by atoms with van der Waals surface area (Å²) >= 11 is 0. The normalized spacial score (nSPS) is 23.4. The smallest absolute Gasteiger partial charge is 0.246 e. The summed E-state index contributed by atoms with van der Waals surface area (Å²) in [6, 6.07) is 12.1. The first-order chi connectivity index (χ1) is 18.6. The molecule has 0 unspecified atom stereocenters. The lowest BCUT2D eigenvalue weighted by Crippen LogP contribution is -2.52. The van der Waals surface area contributed by atoms with Gasteiger partial charge in [-0.3, -0.25) is 19.8 Å². The van der Waals surface area contributed by atoms with E-state index in [1.54, 1.807) is 4.90 Å². The van der Waals surface area contributed by atoms with E-state index in [9.17, 15) is 14.7 Å². The Kier molecular flexibility index (Phi) is 9.26. The number of hydrogen-bond acceptors (Lipinski definition) is 6. The van der Waals surface area contributed by atoms with Crippen LogP contribution < -0.4 is 5.32 Å². The Hall–Kier alpha value is -3.00. The maximum atomic E-state index is 13.4. The molecule has 2 aliphatic carbocycles. The standard InChI is InChI=1S/C31H45N5O3/c1-23(2)28(39)36(21-27(38)34-29-32-20-14-26(37)33-29)22-30(15-13-24-9-8-10-24)16-18-31(19-17-30,35(3)4)25-11-6-5-7-12-25/h5-7,11-12,14,20,23-24H,8-10,13,15-19,21-22H2,1-4H3,(H2,32,33,34,37,38)/t30-,31-. The molecule has 1 aromatic heterocycles. The van der Waals surface area contributed by atoms with E-state index >= 15 is 0 Å². The quantitative estimate of drug-likeness (QED) is 0.410. The highest BCUT2D eigenvalue weighted by molar-refractivity contribution is 5.93.